The van der Waals surface area contributed by atoms with Crippen LogP contribution in [0.15, 0.2) is 28.8 Å². The smallest absolute Gasteiger partial charge is 0.232 e. The molecule has 4 nitrogen and oxygen atoms in total. The molecule has 0 spiro atoms. The van der Waals surface area contributed by atoms with E-state index in [2.05, 4.69) is 22.4 Å². The molecule has 2 heterocycles. The van der Waals surface area contributed by atoms with Gasteiger partial charge in [0.25, 0.3) is 0 Å². The first kappa shape index (κ1) is 14.9. The Morgan fingerprint density at radius 1 is 1.43 bits per heavy atom. The van der Waals surface area contributed by atoms with Crippen molar-refractivity contribution in [3.63, 3.8) is 0 Å². The summed E-state index contributed by atoms with van der Waals surface area (Å²) in [6.07, 6.45) is 1.13. The highest BCUT2D eigenvalue weighted by molar-refractivity contribution is 7.99. The zero-order chi connectivity index (χ0) is 14.7. The maximum Gasteiger partial charge on any atom is 0.232 e. The molecule has 1 saturated heterocycles. The third-order valence-electron chi connectivity index (χ3n) is 3.58. The standard InChI is InChI=1S/C15H18ClN3OS/c1-2-6-17-13-9-21-8-12(13)15-18-14(19-20-15)10-4-3-5-11(16)7-10/h3-5,7,12-13,17H,2,6,8-9H2,1H3. The summed E-state index contributed by atoms with van der Waals surface area (Å²) >= 11 is 7.94. The summed E-state index contributed by atoms with van der Waals surface area (Å²) in [6, 6.07) is 7.95. The first-order valence-electron chi connectivity index (χ1n) is 7.18. The first-order valence-corrected chi connectivity index (χ1v) is 8.72. The first-order chi connectivity index (χ1) is 10.3. The number of rotatable bonds is 5. The number of aromatic nitrogens is 2. The molecule has 0 amide bonds. The molecule has 3 rings (SSSR count). The van der Waals surface area contributed by atoms with Crippen molar-refractivity contribution in [1.29, 1.82) is 0 Å². The van der Waals surface area contributed by atoms with E-state index in [1.54, 1.807) is 0 Å². The third-order valence-corrected chi connectivity index (χ3v) is 5.00. The van der Waals surface area contributed by atoms with Gasteiger partial charge in [-0.15, -0.1) is 0 Å². The van der Waals surface area contributed by atoms with Crippen LogP contribution in [0, 0.1) is 0 Å². The van der Waals surface area contributed by atoms with Crippen molar-refractivity contribution in [2.75, 3.05) is 18.1 Å². The summed E-state index contributed by atoms with van der Waals surface area (Å²) in [7, 11) is 0. The summed E-state index contributed by atoms with van der Waals surface area (Å²) in [5.74, 6) is 3.75. The lowest BCUT2D eigenvalue weighted by atomic mass is 10.0. The predicted octanol–water partition coefficient (Wildman–Crippen LogP) is 3.59. The lowest BCUT2D eigenvalue weighted by molar-refractivity contribution is 0.339. The molecular weight excluding hydrogens is 306 g/mol. The summed E-state index contributed by atoms with van der Waals surface area (Å²) in [6.45, 7) is 3.20. The van der Waals surface area contributed by atoms with Crippen LogP contribution in [0.1, 0.15) is 25.2 Å². The van der Waals surface area contributed by atoms with Gasteiger partial charge in [0.1, 0.15) is 0 Å². The number of halogens is 1. The second-order valence-corrected chi connectivity index (χ2v) is 6.68. The molecule has 1 aliphatic rings. The minimum absolute atomic E-state index is 0.294. The quantitative estimate of drug-likeness (QED) is 0.911. The van der Waals surface area contributed by atoms with Crippen LogP contribution in [0.4, 0.5) is 0 Å². The van der Waals surface area contributed by atoms with Crippen LogP contribution in [-0.4, -0.2) is 34.2 Å². The molecule has 2 atom stereocenters. The number of nitrogens with zero attached hydrogens (tertiary/aromatic N) is 2. The third kappa shape index (κ3) is 3.42. The molecule has 2 aromatic rings. The molecule has 0 saturated carbocycles. The summed E-state index contributed by atoms with van der Waals surface area (Å²) < 4.78 is 5.50. The van der Waals surface area contributed by atoms with E-state index in [4.69, 9.17) is 16.1 Å². The van der Waals surface area contributed by atoms with Crippen molar-refractivity contribution < 1.29 is 4.52 Å². The van der Waals surface area contributed by atoms with E-state index < -0.39 is 0 Å². The number of nitrogens with one attached hydrogen (secondary N) is 1. The van der Waals surface area contributed by atoms with Gasteiger partial charge in [-0.1, -0.05) is 35.8 Å². The molecule has 0 aliphatic carbocycles. The van der Waals surface area contributed by atoms with E-state index in [0.29, 0.717) is 22.8 Å². The average Bonchev–Trinajstić information content (AvgIpc) is 3.13. The van der Waals surface area contributed by atoms with Crippen LogP contribution < -0.4 is 5.32 Å². The molecule has 0 bridgehead atoms. The minimum Gasteiger partial charge on any atom is -0.339 e. The van der Waals surface area contributed by atoms with Gasteiger partial charge in [0.15, 0.2) is 0 Å². The topological polar surface area (TPSA) is 51.0 Å². The monoisotopic (exact) mass is 323 g/mol. The predicted molar refractivity (Wildman–Crippen MR) is 86.9 cm³/mol. The molecule has 1 N–H and O–H groups in total. The highest BCUT2D eigenvalue weighted by Gasteiger charge is 2.33. The van der Waals surface area contributed by atoms with Gasteiger partial charge < -0.3 is 9.84 Å². The average molecular weight is 324 g/mol. The van der Waals surface area contributed by atoms with E-state index in [1.807, 2.05) is 36.0 Å². The SMILES string of the molecule is CCCNC1CSCC1c1nc(-c2cccc(Cl)c2)no1. The number of hydrogen-bond acceptors (Lipinski definition) is 5. The Hall–Kier alpha value is -1.04. The van der Waals surface area contributed by atoms with Crippen molar-refractivity contribution in [2.24, 2.45) is 0 Å². The fourth-order valence-corrected chi connectivity index (χ4v) is 4.02. The largest absolute Gasteiger partial charge is 0.339 e. The van der Waals surface area contributed by atoms with E-state index in [-0.39, 0.29) is 0 Å². The van der Waals surface area contributed by atoms with E-state index in [1.165, 1.54) is 0 Å². The van der Waals surface area contributed by atoms with Gasteiger partial charge in [-0.25, -0.2) is 0 Å². The Morgan fingerprint density at radius 2 is 2.33 bits per heavy atom. The van der Waals surface area contributed by atoms with Crippen molar-refractivity contribution in [3.8, 4) is 11.4 Å². The Morgan fingerprint density at radius 3 is 3.14 bits per heavy atom. The number of thioether (sulfide) groups is 1. The highest BCUT2D eigenvalue weighted by atomic mass is 35.5. The molecule has 21 heavy (non-hydrogen) atoms. The van der Waals surface area contributed by atoms with Gasteiger partial charge in [-0.05, 0) is 25.1 Å². The zero-order valence-corrected chi connectivity index (χ0v) is 13.5. The van der Waals surface area contributed by atoms with Crippen molar-refractivity contribution in [3.05, 3.63) is 35.2 Å². The second kappa shape index (κ2) is 6.81. The van der Waals surface area contributed by atoms with E-state index in [0.717, 1.165) is 35.9 Å². The minimum atomic E-state index is 0.294. The van der Waals surface area contributed by atoms with E-state index >= 15 is 0 Å². The van der Waals surface area contributed by atoms with E-state index in [9.17, 15) is 0 Å². The summed E-state index contributed by atoms with van der Waals surface area (Å²) in [5.41, 5.74) is 0.890. The van der Waals surface area contributed by atoms with Gasteiger partial charge in [-0.3, -0.25) is 0 Å². The van der Waals surface area contributed by atoms with Crippen molar-refractivity contribution in [1.82, 2.24) is 15.5 Å². The van der Waals surface area contributed by atoms with Crippen LogP contribution in [0.25, 0.3) is 11.4 Å². The van der Waals surface area contributed by atoms with Gasteiger partial charge in [0.2, 0.25) is 11.7 Å². The maximum absolute atomic E-state index is 6.01. The fourth-order valence-electron chi connectivity index (χ4n) is 2.46. The highest BCUT2D eigenvalue weighted by Crippen LogP contribution is 2.33. The molecule has 1 aromatic heterocycles. The van der Waals surface area contributed by atoms with Crippen molar-refractivity contribution in [2.45, 2.75) is 25.3 Å². The lowest BCUT2D eigenvalue weighted by Gasteiger charge is -2.16. The summed E-state index contributed by atoms with van der Waals surface area (Å²) in [4.78, 5) is 4.57. The molecule has 0 radical (unpaired) electrons. The summed E-state index contributed by atoms with van der Waals surface area (Å²) in [5, 5.41) is 8.35. The van der Waals surface area contributed by atoms with Crippen LogP contribution in [0.5, 0.6) is 0 Å². The Kier molecular flexibility index (Phi) is 4.83. The second-order valence-electron chi connectivity index (χ2n) is 5.17. The molecule has 2 unspecified atom stereocenters. The normalized spacial score (nSPS) is 21.8. The van der Waals surface area contributed by atoms with Gasteiger partial charge >= 0.3 is 0 Å². The molecule has 1 fully saturated rings. The Labute approximate surface area is 133 Å². The van der Waals surface area contributed by atoms with Gasteiger partial charge in [0.05, 0.1) is 5.92 Å². The van der Waals surface area contributed by atoms with Gasteiger partial charge in [-0.2, -0.15) is 16.7 Å². The van der Waals surface area contributed by atoms with Gasteiger partial charge in [0, 0.05) is 28.1 Å². The molecule has 112 valence electrons. The lowest BCUT2D eigenvalue weighted by Crippen LogP contribution is -2.34. The Bertz CT molecular complexity index is 604. The molecule has 1 aliphatic heterocycles. The van der Waals surface area contributed by atoms with Crippen LogP contribution in [0.2, 0.25) is 5.02 Å². The van der Waals surface area contributed by atoms with Crippen molar-refractivity contribution >= 4 is 23.4 Å². The molecule has 1 aromatic carbocycles. The van der Waals surface area contributed by atoms with Crippen LogP contribution >= 0.6 is 23.4 Å². The number of benzene rings is 1. The zero-order valence-electron chi connectivity index (χ0n) is 11.9. The number of hydrogen-bond donors (Lipinski definition) is 1. The molecule has 6 heteroatoms. The molecular formula is C15H18ClN3OS. The Balaban J connectivity index is 1.78. The fraction of sp³-hybridized carbons (Fsp3) is 0.467. The maximum atomic E-state index is 6.01. The van der Waals surface area contributed by atoms with Crippen LogP contribution in [-0.2, 0) is 0 Å². The van der Waals surface area contributed by atoms with Crippen LogP contribution in [0.3, 0.4) is 0 Å².